The summed E-state index contributed by atoms with van der Waals surface area (Å²) in [6, 6.07) is 1.37. The Bertz CT molecular complexity index is 374. The number of nitrogens with one attached hydrogen (secondary N) is 2. The lowest BCUT2D eigenvalue weighted by molar-refractivity contribution is 0.301. The largest absolute Gasteiger partial charge is 0.476 e. The van der Waals surface area contributed by atoms with Gasteiger partial charge >= 0.3 is 0 Å². The SMILES string of the molecule is CCNCCOc1cc(=O)[nH]c(C(C)C)n1. The first-order valence-electron chi connectivity index (χ1n) is 5.58. The molecule has 2 N–H and O–H groups in total. The van der Waals surface area contributed by atoms with Gasteiger partial charge in [0.15, 0.2) is 0 Å². The lowest BCUT2D eigenvalue weighted by Gasteiger charge is -2.08. The van der Waals surface area contributed by atoms with Gasteiger partial charge in [-0.15, -0.1) is 0 Å². The molecule has 0 saturated heterocycles. The average Bonchev–Trinajstić information content (AvgIpc) is 2.23. The summed E-state index contributed by atoms with van der Waals surface area (Å²) in [6.07, 6.45) is 0. The maximum atomic E-state index is 11.3. The van der Waals surface area contributed by atoms with Gasteiger partial charge in [0.1, 0.15) is 12.4 Å². The summed E-state index contributed by atoms with van der Waals surface area (Å²) in [7, 11) is 0. The molecule has 0 aromatic carbocycles. The second-order valence-electron chi connectivity index (χ2n) is 3.83. The molecule has 90 valence electrons. The first-order chi connectivity index (χ1) is 7.63. The lowest BCUT2D eigenvalue weighted by Crippen LogP contribution is -2.21. The molecule has 0 saturated carbocycles. The molecule has 16 heavy (non-hydrogen) atoms. The molecule has 0 atom stereocenters. The van der Waals surface area contributed by atoms with Crippen LogP contribution in [0.2, 0.25) is 0 Å². The number of aromatic amines is 1. The summed E-state index contributed by atoms with van der Waals surface area (Å²) in [5, 5.41) is 3.13. The van der Waals surface area contributed by atoms with E-state index in [1.54, 1.807) is 0 Å². The molecule has 1 aromatic heterocycles. The van der Waals surface area contributed by atoms with Crippen LogP contribution in [-0.4, -0.2) is 29.7 Å². The van der Waals surface area contributed by atoms with Gasteiger partial charge in [-0.3, -0.25) is 4.79 Å². The quantitative estimate of drug-likeness (QED) is 0.705. The summed E-state index contributed by atoms with van der Waals surface area (Å²) in [6.45, 7) is 8.15. The molecule has 1 heterocycles. The van der Waals surface area contributed by atoms with Crippen LogP contribution in [0.25, 0.3) is 0 Å². The molecule has 0 aliphatic carbocycles. The maximum Gasteiger partial charge on any atom is 0.254 e. The Morgan fingerprint density at radius 1 is 1.56 bits per heavy atom. The highest BCUT2D eigenvalue weighted by molar-refractivity contribution is 5.10. The standard InChI is InChI=1S/C11H19N3O2/c1-4-12-5-6-16-10-7-9(15)13-11(14-10)8(2)3/h7-8,12H,4-6H2,1-3H3,(H,13,14,15). The monoisotopic (exact) mass is 225 g/mol. The summed E-state index contributed by atoms with van der Waals surface area (Å²) >= 11 is 0. The second kappa shape index (κ2) is 6.27. The predicted molar refractivity (Wildman–Crippen MR) is 63.0 cm³/mol. The van der Waals surface area contributed by atoms with Crippen LogP contribution < -0.4 is 15.6 Å². The summed E-state index contributed by atoms with van der Waals surface area (Å²) in [5.41, 5.74) is -0.169. The van der Waals surface area contributed by atoms with E-state index in [9.17, 15) is 4.79 Å². The molecule has 1 aromatic rings. The second-order valence-corrected chi connectivity index (χ2v) is 3.83. The first kappa shape index (κ1) is 12.7. The van der Waals surface area contributed by atoms with Gasteiger partial charge in [0.05, 0.1) is 6.07 Å². The molecule has 0 aliphatic heterocycles. The van der Waals surface area contributed by atoms with Crippen molar-refractivity contribution in [3.8, 4) is 5.88 Å². The number of aromatic nitrogens is 2. The highest BCUT2D eigenvalue weighted by atomic mass is 16.5. The van der Waals surface area contributed by atoms with E-state index in [2.05, 4.69) is 15.3 Å². The van der Waals surface area contributed by atoms with E-state index < -0.39 is 0 Å². The molecule has 0 spiro atoms. The van der Waals surface area contributed by atoms with Gasteiger partial charge in [-0.25, -0.2) is 0 Å². The third-order valence-electron chi connectivity index (χ3n) is 2.06. The molecule has 0 radical (unpaired) electrons. The maximum absolute atomic E-state index is 11.3. The number of H-pyrrole nitrogens is 1. The van der Waals surface area contributed by atoms with Crippen LogP contribution >= 0.6 is 0 Å². The van der Waals surface area contributed by atoms with E-state index in [4.69, 9.17) is 4.74 Å². The molecule has 5 heteroatoms. The zero-order chi connectivity index (χ0) is 12.0. The fourth-order valence-corrected chi connectivity index (χ4v) is 1.21. The summed E-state index contributed by atoms with van der Waals surface area (Å²) < 4.78 is 5.39. The van der Waals surface area contributed by atoms with Gasteiger partial charge in [-0.2, -0.15) is 4.98 Å². The molecule has 1 rings (SSSR count). The van der Waals surface area contributed by atoms with E-state index in [1.165, 1.54) is 6.07 Å². The predicted octanol–water partition coefficient (Wildman–Crippen LogP) is 0.882. The van der Waals surface area contributed by atoms with E-state index in [1.807, 2.05) is 20.8 Å². The van der Waals surface area contributed by atoms with Crippen LogP contribution in [0.4, 0.5) is 0 Å². The van der Waals surface area contributed by atoms with E-state index >= 15 is 0 Å². The Kier molecular flexibility index (Phi) is 4.98. The smallest absolute Gasteiger partial charge is 0.254 e. The highest BCUT2D eigenvalue weighted by Gasteiger charge is 2.05. The zero-order valence-electron chi connectivity index (χ0n) is 10.0. The van der Waals surface area contributed by atoms with Crippen LogP contribution in [-0.2, 0) is 0 Å². The minimum atomic E-state index is -0.169. The van der Waals surface area contributed by atoms with Crippen LogP contribution in [0.1, 0.15) is 32.5 Å². The van der Waals surface area contributed by atoms with Crippen molar-refractivity contribution in [2.45, 2.75) is 26.7 Å². The third-order valence-corrected chi connectivity index (χ3v) is 2.06. The Balaban J connectivity index is 2.62. The normalized spacial score (nSPS) is 10.8. The third kappa shape index (κ3) is 4.02. The Morgan fingerprint density at radius 2 is 2.31 bits per heavy atom. The van der Waals surface area contributed by atoms with Crippen molar-refractivity contribution in [1.29, 1.82) is 0 Å². The fourth-order valence-electron chi connectivity index (χ4n) is 1.21. The van der Waals surface area contributed by atoms with Crippen LogP contribution in [0, 0.1) is 0 Å². The van der Waals surface area contributed by atoms with Crippen molar-refractivity contribution in [1.82, 2.24) is 15.3 Å². The van der Waals surface area contributed by atoms with Gasteiger partial charge < -0.3 is 15.0 Å². The molecular formula is C11H19N3O2. The van der Waals surface area contributed by atoms with Crippen LogP contribution in [0.15, 0.2) is 10.9 Å². The topological polar surface area (TPSA) is 67.0 Å². The van der Waals surface area contributed by atoms with Gasteiger partial charge in [0, 0.05) is 12.5 Å². The minimum Gasteiger partial charge on any atom is -0.476 e. The summed E-state index contributed by atoms with van der Waals surface area (Å²) in [4.78, 5) is 18.2. The number of nitrogens with zero attached hydrogens (tertiary/aromatic N) is 1. The fraction of sp³-hybridized carbons (Fsp3) is 0.636. The van der Waals surface area contributed by atoms with Crippen molar-refractivity contribution in [3.05, 3.63) is 22.2 Å². The van der Waals surface area contributed by atoms with Gasteiger partial charge in [0.2, 0.25) is 5.88 Å². The molecule has 0 aliphatic rings. The summed E-state index contributed by atoms with van der Waals surface area (Å²) in [5.74, 6) is 1.24. The Labute approximate surface area is 95.3 Å². The number of rotatable bonds is 6. The van der Waals surface area contributed by atoms with E-state index in [0.717, 1.165) is 13.1 Å². The van der Waals surface area contributed by atoms with Crippen LogP contribution in [0.3, 0.4) is 0 Å². The number of likely N-dealkylation sites (N-methyl/N-ethyl adjacent to an activating group) is 1. The van der Waals surface area contributed by atoms with Crippen molar-refractivity contribution in [3.63, 3.8) is 0 Å². The number of hydrogen-bond acceptors (Lipinski definition) is 4. The number of ether oxygens (including phenoxy) is 1. The first-order valence-corrected chi connectivity index (χ1v) is 5.58. The molecular weight excluding hydrogens is 206 g/mol. The van der Waals surface area contributed by atoms with E-state index in [0.29, 0.717) is 18.3 Å². The average molecular weight is 225 g/mol. The molecule has 0 bridgehead atoms. The van der Waals surface area contributed by atoms with Crippen molar-refractivity contribution in [2.75, 3.05) is 19.7 Å². The zero-order valence-corrected chi connectivity index (χ0v) is 10.0. The van der Waals surface area contributed by atoms with Gasteiger partial charge in [0.25, 0.3) is 5.56 Å². The molecule has 0 fully saturated rings. The molecule has 5 nitrogen and oxygen atoms in total. The Hall–Kier alpha value is -1.36. The van der Waals surface area contributed by atoms with Crippen LogP contribution in [0.5, 0.6) is 5.88 Å². The number of hydrogen-bond donors (Lipinski definition) is 2. The molecule has 0 amide bonds. The van der Waals surface area contributed by atoms with Gasteiger partial charge in [-0.1, -0.05) is 20.8 Å². The van der Waals surface area contributed by atoms with Crippen molar-refractivity contribution in [2.24, 2.45) is 0 Å². The van der Waals surface area contributed by atoms with Crippen molar-refractivity contribution < 1.29 is 4.74 Å². The highest BCUT2D eigenvalue weighted by Crippen LogP contribution is 2.10. The van der Waals surface area contributed by atoms with E-state index in [-0.39, 0.29) is 11.5 Å². The van der Waals surface area contributed by atoms with Gasteiger partial charge in [-0.05, 0) is 6.54 Å². The lowest BCUT2D eigenvalue weighted by atomic mass is 10.2. The van der Waals surface area contributed by atoms with Crippen molar-refractivity contribution >= 4 is 0 Å². The molecule has 0 unspecified atom stereocenters. The Morgan fingerprint density at radius 3 is 2.94 bits per heavy atom. The minimum absolute atomic E-state index is 0.169.